The minimum Gasteiger partial charge on any atom is -0.493 e. The predicted molar refractivity (Wildman–Crippen MR) is 107 cm³/mol. The lowest BCUT2D eigenvalue weighted by molar-refractivity contribution is 0.284. The highest BCUT2D eigenvalue weighted by Gasteiger charge is 2.14. The zero-order valence-corrected chi connectivity index (χ0v) is 16.2. The molecule has 0 atom stereocenters. The van der Waals surface area contributed by atoms with Gasteiger partial charge in [0.05, 0.1) is 7.11 Å². The molecule has 2 aromatic rings. The van der Waals surface area contributed by atoms with Gasteiger partial charge in [-0.15, -0.1) is 0 Å². The highest BCUT2D eigenvalue weighted by atomic mass is 35.5. The van der Waals surface area contributed by atoms with E-state index in [4.69, 9.17) is 21.1 Å². The standard InChI is InChI=1S/C22H28ClNO2/c1-25-21-13-18(15-24-19-11-7-2-3-8-12-19)20(23)14-22(21)26-16-17-9-5-4-6-10-17/h4-6,9-10,13-14,19,24H,2-3,7-8,11-12,15-16H2,1H3. The summed E-state index contributed by atoms with van der Waals surface area (Å²) in [6.07, 6.45) is 7.88. The van der Waals surface area contributed by atoms with Crippen LogP contribution in [0, 0.1) is 0 Å². The van der Waals surface area contributed by atoms with Crippen LogP contribution < -0.4 is 14.8 Å². The van der Waals surface area contributed by atoms with E-state index < -0.39 is 0 Å². The minimum atomic E-state index is 0.493. The van der Waals surface area contributed by atoms with Crippen LogP contribution >= 0.6 is 11.6 Å². The third kappa shape index (κ3) is 5.39. The zero-order valence-electron chi connectivity index (χ0n) is 15.5. The lowest BCUT2D eigenvalue weighted by atomic mass is 10.1. The van der Waals surface area contributed by atoms with Crippen LogP contribution in [0.5, 0.6) is 11.5 Å². The molecule has 0 amide bonds. The summed E-state index contributed by atoms with van der Waals surface area (Å²) in [4.78, 5) is 0. The number of rotatable bonds is 7. The van der Waals surface area contributed by atoms with Crippen LogP contribution in [0.1, 0.15) is 49.7 Å². The first kappa shape index (κ1) is 19.1. The normalized spacial score (nSPS) is 15.5. The molecule has 0 aliphatic heterocycles. The Kier molecular flexibility index (Phi) is 7.22. The molecule has 4 heteroatoms. The Labute approximate surface area is 161 Å². The van der Waals surface area contributed by atoms with Crippen LogP contribution in [0.3, 0.4) is 0 Å². The first-order valence-corrected chi connectivity index (χ1v) is 9.90. The van der Waals surface area contributed by atoms with Crippen molar-refractivity contribution in [3.63, 3.8) is 0 Å². The SMILES string of the molecule is COc1cc(CNC2CCCCCC2)c(Cl)cc1OCc1ccccc1. The zero-order chi connectivity index (χ0) is 18.2. The second kappa shape index (κ2) is 9.84. The fraction of sp³-hybridized carbons (Fsp3) is 0.455. The fourth-order valence-electron chi connectivity index (χ4n) is 3.46. The lowest BCUT2D eigenvalue weighted by Gasteiger charge is -2.18. The molecule has 26 heavy (non-hydrogen) atoms. The summed E-state index contributed by atoms with van der Waals surface area (Å²) in [5.74, 6) is 1.41. The van der Waals surface area contributed by atoms with Crippen molar-refractivity contribution < 1.29 is 9.47 Å². The summed E-state index contributed by atoms with van der Waals surface area (Å²) in [6, 6.07) is 14.5. The largest absolute Gasteiger partial charge is 0.493 e. The lowest BCUT2D eigenvalue weighted by Crippen LogP contribution is -2.28. The Morgan fingerprint density at radius 1 is 1.00 bits per heavy atom. The molecule has 1 saturated carbocycles. The van der Waals surface area contributed by atoms with Crippen molar-refractivity contribution >= 4 is 11.6 Å². The van der Waals surface area contributed by atoms with Gasteiger partial charge in [0.15, 0.2) is 11.5 Å². The van der Waals surface area contributed by atoms with E-state index in [0.29, 0.717) is 18.4 Å². The Hall–Kier alpha value is -1.71. The molecule has 1 aliphatic rings. The molecule has 0 aromatic heterocycles. The van der Waals surface area contributed by atoms with Gasteiger partial charge in [-0.05, 0) is 30.0 Å². The highest BCUT2D eigenvalue weighted by Crippen LogP contribution is 2.34. The number of nitrogens with one attached hydrogen (secondary N) is 1. The van der Waals surface area contributed by atoms with Gasteiger partial charge in [0.2, 0.25) is 0 Å². The first-order chi connectivity index (χ1) is 12.8. The van der Waals surface area contributed by atoms with Crippen molar-refractivity contribution in [2.45, 2.75) is 57.7 Å². The van der Waals surface area contributed by atoms with Crippen molar-refractivity contribution in [1.29, 1.82) is 0 Å². The summed E-state index contributed by atoms with van der Waals surface area (Å²) < 4.78 is 11.5. The third-order valence-electron chi connectivity index (χ3n) is 5.01. The van der Waals surface area contributed by atoms with Crippen LogP contribution in [0.2, 0.25) is 5.02 Å². The molecule has 3 rings (SSSR count). The van der Waals surface area contributed by atoms with Crippen LogP contribution in [-0.4, -0.2) is 13.2 Å². The fourth-order valence-corrected chi connectivity index (χ4v) is 3.68. The van der Waals surface area contributed by atoms with Crippen LogP contribution in [0.4, 0.5) is 0 Å². The molecule has 1 aliphatic carbocycles. The van der Waals surface area contributed by atoms with Crippen molar-refractivity contribution in [1.82, 2.24) is 5.32 Å². The van der Waals surface area contributed by atoms with Gasteiger partial charge < -0.3 is 14.8 Å². The molecule has 2 aromatic carbocycles. The summed E-state index contributed by atoms with van der Waals surface area (Å²) in [6.45, 7) is 1.26. The third-order valence-corrected chi connectivity index (χ3v) is 5.36. The molecule has 1 fully saturated rings. The van der Waals surface area contributed by atoms with Crippen LogP contribution in [-0.2, 0) is 13.2 Å². The molecule has 0 bridgehead atoms. The average molecular weight is 374 g/mol. The molecule has 1 N–H and O–H groups in total. The van der Waals surface area contributed by atoms with E-state index in [1.165, 1.54) is 38.5 Å². The summed E-state index contributed by atoms with van der Waals surface area (Å²) >= 11 is 6.51. The number of ether oxygens (including phenoxy) is 2. The molecular weight excluding hydrogens is 346 g/mol. The molecule has 0 saturated heterocycles. The monoisotopic (exact) mass is 373 g/mol. The second-order valence-electron chi connectivity index (χ2n) is 6.94. The Bertz CT molecular complexity index is 682. The Balaban J connectivity index is 1.64. The minimum absolute atomic E-state index is 0.493. The van der Waals surface area contributed by atoms with Gasteiger partial charge in [0.25, 0.3) is 0 Å². The van der Waals surface area contributed by atoms with E-state index in [2.05, 4.69) is 5.32 Å². The van der Waals surface area contributed by atoms with E-state index in [-0.39, 0.29) is 0 Å². The van der Waals surface area contributed by atoms with Crippen molar-refractivity contribution in [3.8, 4) is 11.5 Å². The topological polar surface area (TPSA) is 30.5 Å². The molecule has 0 heterocycles. The smallest absolute Gasteiger partial charge is 0.163 e. The number of benzene rings is 2. The van der Waals surface area contributed by atoms with Crippen LogP contribution in [0.25, 0.3) is 0 Å². The first-order valence-electron chi connectivity index (χ1n) is 9.53. The van der Waals surface area contributed by atoms with Crippen LogP contribution in [0.15, 0.2) is 42.5 Å². The van der Waals surface area contributed by atoms with Gasteiger partial charge in [0, 0.05) is 23.7 Å². The van der Waals surface area contributed by atoms with Gasteiger partial charge in [-0.1, -0.05) is 67.6 Å². The molecule has 0 spiro atoms. The van der Waals surface area contributed by atoms with Gasteiger partial charge in [-0.3, -0.25) is 0 Å². The molecule has 0 unspecified atom stereocenters. The Morgan fingerprint density at radius 3 is 2.42 bits per heavy atom. The van der Waals surface area contributed by atoms with Crippen molar-refractivity contribution in [2.24, 2.45) is 0 Å². The molecule has 3 nitrogen and oxygen atoms in total. The highest BCUT2D eigenvalue weighted by molar-refractivity contribution is 6.31. The van der Waals surface area contributed by atoms with Gasteiger partial charge in [-0.25, -0.2) is 0 Å². The molecular formula is C22H28ClNO2. The summed E-state index contributed by atoms with van der Waals surface area (Å²) in [5.41, 5.74) is 2.17. The number of hydrogen-bond donors (Lipinski definition) is 1. The Morgan fingerprint density at radius 2 is 1.73 bits per heavy atom. The van der Waals surface area contributed by atoms with Crippen molar-refractivity contribution in [2.75, 3.05) is 7.11 Å². The van der Waals surface area contributed by atoms with E-state index in [1.807, 2.05) is 42.5 Å². The van der Waals surface area contributed by atoms with E-state index in [0.717, 1.165) is 28.4 Å². The van der Waals surface area contributed by atoms with Gasteiger partial charge in [-0.2, -0.15) is 0 Å². The van der Waals surface area contributed by atoms with E-state index in [9.17, 15) is 0 Å². The quantitative estimate of drug-likeness (QED) is 0.627. The van der Waals surface area contributed by atoms with Crippen molar-refractivity contribution in [3.05, 3.63) is 58.6 Å². The van der Waals surface area contributed by atoms with Gasteiger partial charge in [0.1, 0.15) is 6.61 Å². The summed E-state index contributed by atoms with van der Waals surface area (Å²) in [5, 5.41) is 4.38. The number of halogens is 1. The average Bonchev–Trinajstić information content (AvgIpc) is 2.95. The second-order valence-corrected chi connectivity index (χ2v) is 7.35. The maximum atomic E-state index is 6.51. The maximum absolute atomic E-state index is 6.51. The molecule has 140 valence electrons. The predicted octanol–water partition coefficient (Wildman–Crippen LogP) is 5.74. The van der Waals surface area contributed by atoms with E-state index in [1.54, 1.807) is 7.11 Å². The number of methoxy groups -OCH3 is 1. The van der Waals surface area contributed by atoms with E-state index >= 15 is 0 Å². The summed E-state index contributed by atoms with van der Waals surface area (Å²) in [7, 11) is 1.67. The van der Waals surface area contributed by atoms with Gasteiger partial charge >= 0.3 is 0 Å². The maximum Gasteiger partial charge on any atom is 0.163 e. The molecule has 0 radical (unpaired) electrons. The number of hydrogen-bond acceptors (Lipinski definition) is 3.